The Morgan fingerprint density at radius 1 is 1.03 bits per heavy atom. The number of hydrogen-bond donors (Lipinski definition) is 0. The van der Waals surface area contributed by atoms with Gasteiger partial charge in [0.1, 0.15) is 11.6 Å². The van der Waals surface area contributed by atoms with Crippen molar-refractivity contribution in [1.82, 2.24) is 9.55 Å². The van der Waals surface area contributed by atoms with Gasteiger partial charge in [0.25, 0.3) is 0 Å². The molecular weight excluding hydrogens is 502 g/mol. The number of aryl methyl sites for hydroxylation is 3. The quantitative estimate of drug-likeness (QED) is 0.246. The molecule has 1 amide bonds. The van der Waals surface area contributed by atoms with Crippen molar-refractivity contribution in [2.24, 2.45) is 0 Å². The number of nitrogens with zero attached hydrogens (tertiary/aromatic N) is 3. The number of carbonyl (C=O) groups is 1. The van der Waals surface area contributed by atoms with E-state index in [1.54, 1.807) is 0 Å². The van der Waals surface area contributed by atoms with E-state index in [0.717, 1.165) is 63.8 Å². The Kier molecular flexibility index (Phi) is 6.62. The van der Waals surface area contributed by atoms with Crippen LogP contribution >= 0.6 is 11.6 Å². The van der Waals surface area contributed by atoms with E-state index >= 15 is 0 Å². The van der Waals surface area contributed by atoms with Crippen LogP contribution in [-0.4, -0.2) is 35.4 Å². The molecule has 0 bridgehead atoms. The summed E-state index contributed by atoms with van der Waals surface area (Å²) < 4.78 is 19.2. The first-order valence-electron chi connectivity index (χ1n) is 13.0. The summed E-state index contributed by atoms with van der Waals surface area (Å²) in [5.74, 6) is 3.31. The molecule has 2 aliphatic rings. The molecule has 1 fully saturated rings. The lowest BCUT2D eigenvalue weighted by Gasteiger charge is -2.18. The lowest BCUT2D eigenvalue weighted by atomic mass is 10.1. The minimum Gasteiger partial charge on any atom is -0.494 e. The van der Waals surface area contributed by atoms with E-state index < -0.39 is 0 Å². The minimum absolute atomic E-state index is 0.0107. The van der Waals surface area contributed by atoms with Gasteiger partial charge in [0, 0.05) is 42.2 Å². The monoisotopic (exact) mass is 531 g/mol. The molecular formula is C30H30ClN3O4. The second kappa shape index (κ2) is 10.2. The first-order valence-corrected chi connectivity index (χ1v) is 13.4. The van der Waals surface area contributed by atoms with Crippen molar-refractivity contribution < 1.29 is 19.0 Å². The molecule has 6 rings (SSSR count). The van der Waals surface area contributed by atoms with E-state index in [-0.39, 0.29) is 18.6 Å². The molecule has 3 aromatic carbocycles. The largest absolute Gasteiger partial charge is 0.494 e. The van der Waals surface area contributed by atoms with E-state index in [1.165, 1.54) is 0 Å². The number of rotatable bonds is 8. The van der Waals surface area contributed by atoms with Gasteiger partial charge in [-0.05, 0) is 74.2 Å². The third kappa shape index (κ3) is 4.67. The molecule has 1 saturated heterocycles. The lowest BCUT2D eigenvalue weighted by molar-refractivity contribution is -0.117. The summed E-state index contributed by atoms with van der Waals surface area (Å²) in [5.41, 5.74) is 4.93. The lowest BCUT2D eigenvalue weighted by Crippen LogP contribution is -2.24. The van der Waals surface area contributed by atoms with Crippen LogP contribution < -0.4 is 19.1 Å². The number of imidazole rings is 1. The van der Waals surface area contributed by atoms with Gasteiger partial charge >= 0.3 is 0 Å². The Morgan fingerprint density at radius 2 is 1.82 bits per heavy atom. The van der Waals surface area contributed by atoms with Gasteiger partial charge in [-0.2, -0.15) is 0 Å². The van der Waals surface area contributed by atoms with Crippen LogP contribution in [0.15, 0.2) is 54.6 Å². The highest BCUT2D eigenvalue weighted by atomic mass is 35.5. The molecule has 1 unspecified atom stereocenters. The number of fused-ring (bicyclic) bond motifs is 2. The Labute approximate surface area is 226 Å². The minimum atomic E-state index is 0.0107. The van der Waals surface area contributed by atoms with Crippen LogP contribution in [0.2, 0.25) is 5.02 Å². The Hall–Kier alpha value is -3.71. The summed E-state index contributed by atoms with van der Waals surface area (Å²) in [7, 11) is 0. The second-order valence-corrected chi connectivity index (χ2v) is 10.4. The summed E-state index contributed by atoms with van der Waals surface area (Å²) in [6.45, 7) is 6.23. The summed E-state index contributed by atoms with van der Waals surface area (Å²) in [4.78, 5) is 19.9. The van der Waals surface area contributed by atoms with Gasteiger partial charge in [0.15, 0.2) is 11.5 Å². The average Bonchev–Trinajstić information content (AvgIpc) is 3.63. The number of halogens is 1. The predicted molar refractivity (Wildman–Crippen MR) is 148 cm³/mol. The molecule has 3 heterocycles. The van der Waals surface area contributed by atoms with Gasteiger partial charge in [0.05, 0.1) is 17.6 Å². The molecule has 196 valence electrons. The standard InChI is InChI=1S/C30H30ClN3O4/c1-19-13-23(14-20(2)29(19)31)36-12-6-5-11-33-25-8-4-3-7-24(25)32-30(33)21-15-28(35)34(17-21)22-9-10-26-27(16-22)38-18-37-26/h3-4,7-10,13-14,16,21H,5-6,11-12,15,17-18H2,1-2H3. The number of para-hydroxylation sites is 2. The van der Waals surface area contributed by atoms with Crippen LogP contribution in [0.5, 0.6) is 17.2 Å². The fourth-order valence-corrected chi connectivity index (χ4v) is 5.48. The first kappa shape index (κ1) is 24.6. The summed E-state index contributed by atoms with van der Waals surface area (Å²) >= 11 is 6.28. The maximum Gasteiger partial charge on any atom is 0.231 e. The third-order valence-corrected chi connectivity index (χ3v) is 7.89. The van der Waals surface area contributed by atoms with E-state index in [1.807, 2.05) is 67.3 Å². The summed E-state index contributed by atoms with van der Waals surface area (Å²) in [6.07, 6.45) is 2.27. The number of unbranched alkanes of at least 4 members (excludes halogenated alkanes) is 1. The number of aromatic nitrogens is 2. The van der Waals surface area contributed by atoms with Crippen molar-refractivity contribution in [3.05, 3.63) is 76.6 Å². The number of benzene rings is 3. The van der Waals surface area contributed by atoms with Crippen LogP contribution in [0.4, 0.5) is 5.69 Å². The fraction of sp³-hybridized carbons (Fsp3) is 0.333. The van der Waals surface area contributed by atoms with Crippen molar-refractivity contribution in [2.75, 3.05) is 24.8 Å². The normalized spacial score (nSPS) is 16.6. The molecule has 7 nitrogen and oxygen atoms in total. The van der Waals surface area contributed by atoms with Gasteiger partial charge in [-0.25, -0.2) is 4.98 Å². The molecule has 4 aromatic rings. The van der Waals surface area contributed by atoms with Crippen LogP contribution in [0.25, 0.3) is 11.0 Å². The van der Waals surface area contributed by atoms with Crippen molar-refractivity contribution in [3.8, 4) is 17.2 Å². The summed E-state index contributed by atoms with van der Waals surface area (Å²) in [6, 6.07) is 17.8. The molecule has 8 heteroatoms. The zero-order valence-electron chi connectivity index (χ0n) is 21.6. The van der Waals surface area contributed by atoms with Crippen molar-refractivity contribution in [2.45, 2.75) is 45.6 Å². The van der Waals surface area contributed by atoms with Gasteiger partial charge in [-0.1, -0.05) is 23.7 Å². The SMILES string of the molecule is Cc1cc(OCCCCn2c(C3CC(=O)N(c4ccc5c(c4)OCO5)C3)nc3ccccc32)cc(C)c1Cl. The zero-order chi connectivity index (χ0) is 26.2. The van der Waals surface area contributed by atoms with Crippen LogP contribution in [0.1, 0.15) is 42.1 Å². The molecule has 0 aliphatic carbocycles. The Morgan fingerprint density at radius 3 is 2.66 bits per heavy atom. The highest BCUT2D eigenvalue weighted by molar-refractivity contribution is 6.32. The molecule has 2 aliphatic heterocycles. The molecule has 1 aromatic heterocycles. The number of amides is 1. The van der Waals surface area contributed by atoms with Crippen molar-refractivity contribution in [1.29, 1.82) is 0 Å². The fourth-order valence-electron chi connectivity index (χ4n) is 5.38. The molecule has 0 radical (unpaired) electrons. The molecule has 0 spiro atoms. The number of carbonyl (C=O) groups excluding carboxylic acids is 1. The number of hydrogen-bond acceptors (Lipinski definition) is 5. The van der Waals surface area contributed by atoms with E-state index in [2.05, 4.69) is 10.6 Å². The topological polar surface area (TPSA) is 65.8 Å². The highest BCUT2D eigenvalue weighted by Gasteiger charge is 2.35. The number of anilines is 1. The maximum atomic E-state index is 13.1. The van der Waals surface area contributed by atoms with E-state index in [4.69, 9.17) is 30.8 Å². The van der Waals surface area contributed by atoms with Gasteiger partial charge in [0.2, 0.25) is 12.7 Å². The Balaban J connectivity index is 1.15. The van der Waals surface area contributed by atoms with Gasteiger partial charge in [-0.15, -0.1) is 0 Å². The Bertz CT molecular complexity index is 1490. The molecule has 0 saturated carbocycles. The summed E-state index contributed by atoms with van der Waals surface area (Å²) in [5, 5.41) is 0.791. The number of ether oxygens (including phenoxy) is 3. The van der Waals surface area contributed by atoms with E-state index in [0.29, 0.717) is 31.1 Å². The van der Waals surface area contributed by atoms with Gasteiger partial charge < -0.3 is 23.7 Å². The zero-order valence-corrected chi connectivity index (χ0v) is 22.3. The highest BCUT2D eigenvalue weighted by Crippen LogP contribution is 2.39. The molecule has 1 atom stereocenters. The first-order chi connectivity index (χ1) is 18.5. The smallest absolute Gasteiger partial charge is 0.231 e. The third-order valence-electron chi connectivity index (χ3n) is 7.30. The maximum absolute atomic E-state index is 13.1. The van der Waals surface area contributed by atoms with Crippen molar-refractivity contribution >= 4 is 34.2 Å². The molecule has 0 N–H and O–H groups in total. The second-order valence-electron chi connectivity index (χ2n) is 9.98. The molecule has 38 heavy (non-hydrogen) atoms. The van der Waals surface area contributed by atoms with Crippen LogP contribution in [-0.2, 0) is 11.3 Å². The van der Waals surface area contributed by atoms with E-state index in [9.17, 15) is 4.79 Å². The predicted octanol–water partition coefficient (Wildman–Crippen LogP) is 6.41. The van der Waals surface area contributed by atoms with Crippen molar-refractivity contribution in [3.63, 3.8) is 0 Å². The van der Waals surface area contributed by atoms with Gasteiger partial charge in [-0.3, -0.25) is 4.79 Å². The van der Waals surface area contributed by atoms with Crippen LogP contribution in [0.3, 0.4) is 0 Å². The van der Waals surface area contributed by atoms with Crippen LogP contribution in [0, 0.1) is 13.8 Å². The average molecular weight is 532 g/mol.